The van der Waals surface area contributed by atoms with Crippen LogP contribution in [0.25, 0.3) is 0 Å². The molecule has 0 spiro atoms. The minimum absolute atomic E-state index is 0.258. The first-order valence-corrected chi connectivity index (χ1v) is 23.2. The molecule has 2 N–H and O–H groups in total. The maximum atomic E-state index is 14.1. The molecule has 294 valence electrons. The highest BCUT2D eigenvalue weighted by atomic mass is 31.2. The van der Waals surface area contributed by atoms with E-state index >= 15 is 0 Å². The third-order valence-corrected chi connectivity index (χ3v) is 11.0. The summed E-state index contributed by atoms with van der Waals surface area (Å²) in [5.74, 6) is -0.796. The van der Waals surface area contributed by atoms with Gasteiger partial charge in [0, 0.05) is 0 Å². The zero-order chi connectivity index (χ0) is 36.3. The van der Waals surface area contributed by atoms with E-state index < -0.39 is 19.4 Å². The first-order valence-electron chi connectivity index (χ1n) is 21.7. The van der Waals surface area contributed by atoms with Gasteiger partial charge >= 0.3 is 13.8 Å². The SMILES string of the molecule is CCCCCCCCCCCCCCCC(CCCCCCCC)C(CCCCCCCC)(OP(=O)(O)O)C(=O)OCCCCCCCC. The van der Waals surface area contributed by atoms with Crippen molar-refractivity contribution in [2.45, 2.75) is 252 Å². The third kappa shape index (κ3) is 28.8. The van der Waals surface area contributed by atoms with Gasteiger partial charge in [0.05, 0.1) is 6.61 Å². The number of carbonyl (C=O) groups excluding carboxylic acids is 1. The van der Waals surface area contributed by atoms with E-state index in [-0.39, 0.29) is 12.5 Å². The summed E-state index contributed by atoms with van der Waals surface area (Å²) in [6.07, 6.45) is 37.9. The molecule has 0 aromatic carbocycles. The summed E-state index contributed by atoms with van der Waals surface area (Å²) in [5, 5.41) is 0. The van der Waals surface area contributed by atoms with Crippen LogP contribution in [0.4, 0.5) is 0 Å². The van der Waals surface area contributed by atoms with Crippen molar-refractivity contribution in [1.29, 1.82) is 0 Å². The molecule has 0 radical (unpaired) electrons. The second-order valence-electron chi connectivity index (χ2n) is 15.2. The topological polar surface area (TPSA) is 93.1 Å². The van der Waals surface area contributed by atoms with Crippen LogP contribution in [0.15, 0.2) is 0 Å². The highest BCUT2D eigenvalue weighted by Gasteiger charge is 2.51. The molecule has 0 saturated carbocycles. The quantitative estimate of drug-likeness (QED) is 0.0374. The Hall–Kier alpha value is -0.420. The van der Waals surface area contributed by atoms with Crippen molar-refractivity contribution in [2.24, 2.45) is 5.92 Å². The molecule has 0 heterocycles. The number of hydrogen-bond donors (Lipinski definition) is 2. The maximum absolute atomic E-state index is 14.1. The summed E-state index contributed by atoms with van der Waals surface area (Å²) < 4.78 is 24.3. The average Bonchev–Trinajstić information content (AvgIpc) is 3.07. The smallest absolute Gasteiger partial charge is 0.464 e. The van der Waals surface area contributed by atoms with Gasteiger partial charge < -0.3 is 14.5 Å². The Bertz CT molecular complexity index is 755. The zero-order valence-electron chi connectivity index (χ0n) is 33.3. The van der Waals surface area contributed by atoms with Crippen LogP contribution in [0.5, 0.6) is 0 Å². The summed E-state index contributed by atoms with van der Waals surface area (Å²) >= 11 is 0. The second kappa shape index (κ2) is 34.7. The molecule has 0 rings (SSSR count). The van der Waals surface area contributed by atoms with Crippen molar-refractivity contribution in [3.05, 3.63) is 0 Å². The lowest BCUT2D eigenvalue weighted by Crippen LogP contribution is -2.49. The Morgan fingerprint density at radius 2 is 0.796 bits per heavy atom. The fourth-order valence-corrected chi connectivity index (χ4v) is 8.11. The molecule has 0 aromatic heterocycles. The lowest BCUT2D eigenvalue weighted by Gasteiger charge is -2.39. The molecule has 0 aliphatic carbocycles. The number of phosphoric ester groups is 1. The van der Waals surface area contributed by atoms with Crippen LogP contribution in [0.2, 0.25) is 0 Å². The summed E-state index contributed by atoms with van der Waals surface area (Å²) in [6.45, 7) is 9.17. The van der Waals surface area contributed by atoms with Gasteiger partial charge in [-0.3, -0.25) is 4.52 Å². The maximum Gasteiger partial charge on any atom is 0.470 e. The Labute approximate surface area is 305 Å². The van der Waals surface area contributed by atoms with Crippen molar-refractivity contribution >= 4 is 13.8 Å². The van der Waals surface area contributed by atoms with E-state index in [0.717, 1.165) is 89.9 Å². The fraction of sp³-hybridized carbons (Fsp3) is 0.976. The van der Waals surface area contributed by atoms with Crippen LogP contribution in [0.1, 0.15) is 246 Å². The first-order chi connectivity index (χ1) is 23.8. The largest absolute Gasteiger partial charge is 0.470 e. The number of rotatable bonds is 39. The molecule has 6 nitrogen and oxygen atoms in total. The van der Waals surface area contributed by atoms with Crippen molar-refractivity contribution in [3.8, 4) is 0 Å². The van der Waals surface area contributed by atoms with Crippen LogP contribution >= 0.6 is 7.82 Å². The van der Waals surface area contributed by atoms with Gasteiger partial charge in [0.15, 0.2) is 5.60 Å². The first kappa shape index (κ1) is 48.6. The van der Waals surface area contributed by atoms with E-state index in [2.05, 4.69) is 27.7 Å². The minimum atomic E-state index is -4.95. The van der Waals surface area contributed by atoms with Crippen molar-refractivity contribution < 1.29 is 28.4 Å². The minimum Gasteiger partial charge on any atom is -0.464 e. The molecular formula is C42H85O6P. The van der Waals surface area contributed by atoms with E-state index in [4.69, 9.17) is 9.26 Å². The predicted octanol–water partition coefficient (Wildman–Crippen LogP) is 14.3. The van der Waals surface area contributed by atoms with Gasteiger partial charge in [-0.2, -0.15) is 0 Å². The number of ether oxygens (including phenoxy) is 1. The second-order valence-corrected chi connectivity index (χ2v) is 16.3. The molecule has 0 aromatic rings. The Morgan fingerprint density at radius 1 is 0.490 bits per heavy atom. The van der Waals surface area contributed by atoms with Crippen molar-refractivity contribution in [2.75, 3.05) is 6.61 Å². The average molecular weight is 717 g/mol. The normalized spacial score (nSPS) is 13.8. The van der Waals surface area contributed by atoms with Gasteiger partial charge in [-0.05, 0) is 38.0 Å². The number of phosphoric acid groups is 1. The molecule has 0 aliphatic rings. The molecule has 0 fully saturated rings. The lowest BCUT2D eigenvalue weighted by molar-refractivity contribution is -0.172. The Morgan fingerprint density at radius 3 is 1.14 bits per heavy atom. The number of hydrogen-bond acceptors (Lipinski definition) is 4. The van der Waals surface area contributed by atoms with E-state index in [1.54, 1.807) is 0 Å². The molecule has 7 heteroatoms. The molecule has 0 aliphatic heterocycles. The van der Waals surface area contributed by atoms with Crippen LogP contribution < -0.4 is 0 Å². The van der Waals surface area contributed by atoms with E-state index in [1.807, 2.05) is 0 Å². The summed E-state index contributed by atoms with van der Waals surface area (Å²) in [7, 11) is -4.95. The molecule has 49 heavy (non-hydrogen) atoms. The zero-order valence-corrected chi connectivity index (χ0v) is 34.2. The third-order valence-electron chi connectivity index (χ3n) is 10.5. The standard InChI is InChI=1S/C42H85O6P/c1-5-9-13-17-21-22-23-24-25-26-27-29-33-37-40(36-32-28-18-14-10-6-2)42(48-49(44,45)46,38-34-30-19-15-11-7-3)41(43)47-39-35-31-20-16-12-8-4/h40H,5-39H2,1-4H3,(H2,44,45,46). The van der Waals surface area contributed by atoms with Gasteiger partial charge in [0.1, 0.15) is 0 Å². The van der Waals surface area contributed by atoms with Gasteiger partial charge in [-0.1, -0.05) is 214 Å². The monoisotopic (exact) mass is 717 g/mol. The lowest BCUT2D eigenvalue weighted by atomic mass is 9.76. The van der Waals surface area contributed by atoms with Crippen LogP contribution in [0.3, 0.4) is 0 Å². The van der Waals surface area contributed by atoms with Gasteiger partial charge in [0.2, 0.25) is 0 Å². The Balaban J connectivity index is 5.55. The van der Waals surface area contributed by atoms with Gasteiger partial charge in [0.25, 0.3) is 0 Å². The number of unbranched alkanes of at least 4 members (excludes halogenated alkanes) is 27. The highest BCUT2D eigenvalue weighted by molar-refractivity contribution is 7.46. The Kier molecular flexibility index (Phi) is 34.4. The molecule has 2 unspecified atom stereocenters. The highest BCUT2D eigenvalue weighted by Crippen LogP contribution is 2.49. The van der Waals surface area contributed by atoms with E-state index in [9.17, 15) is 19.1 Å². The van der Waals surface area contributed by atoms with Crippen LogP contribution in [-0.2, 0) is 18.6 Å². The van der Waals surface area contributed by atoms with Crippen molar-refractivity contribution in [3.63, 3.8) is 0 Å². The summed E-state index contributed by atoms with van der Waals surface area (Å²) in [4.78, 5) is 34.6. The van der Waals surface area contributed by atoms with E-state index in [1.165, 1.54) is 116 Å². The summed E-state index contributed by atoms with van der Waals surface area (Å²) in [5.41, 5.74) is -1.59. The van der Waals surface area contributed by atoms with E-state index in [0.29, 0.717) is 12.8 Å². The van der Waals surface area contributed by atoms with Crippen LogP contribution in [0, 0.1) is 5.92 Å². The molecule has 0 bridgehead atoms. The number of carbonyl (C=O) groups is 1. The molecular weight excluding hydrogens is 631 g/mol. The predicted molar refractivity (Wildman–Crippen MR) is 210 cm³/mol. The van der Waals surface area contributed by atoms with Crippen molar-refractivity contribution in [1.82, 2.24) is 0 Å². The fourth-order valence-electron chi connectivity index (χ4n) is 7.37. The summed E-state index contributed by atoms with van der Waals surface area (Å²) in [6, 6.07) is 0. The van der Waals surface area contributed by atoms with Gasteiger partial charge in [-0.25, -0.2) is 9.36 Å². The van der Waals surface area contributed by atoms with Gasteiger partial charge in [-0.15, -0.1) is 0 Å². The molecule has 0 amide bonds. The molecule has 2 atom stereocenters. The van der Waals surface area contributed by atoms with Crippen LogP contribution in [-0.4, -0.2) is 28.0 Å². The molecule has 0 saturated heterocycles. The number of esters is 1.